The predicted octanol–water partition coefficient (Wildman–Crippen LogP) is 2.29. The smallest absolute Gasteiger partial charge is 0.186 e. The van der Waals surface area contributed by atoms with Gasteiger partial charge in [0.15, 0.2) is 9.84 Å². The minimum Gasteiger partial charge on any atom is -0.392 e. The average molecular weight is 272 g/mol. The van der Waals surface area contributed by atoms with Gasteiger partial charge in [0.05, 0.1) is 11.4 Å². The van der Waals surface area contributed by atoms with Crippen LogP contribution in [0.4, 0.5) is 4.39 Å². The van der Waals surface area contributed by atoms with Crippen molar-refractivity contribution < 1.29 is 17.9 Å². The standard InChI is InChI=1S/C13H17FO3S/c14-10-6-4-5-8-12(10)18(16,17)13-9-3-1-2-7-11(13)15/h4-6,8,11,13,15H,1-3,7,9H2. The Hall–Kier alpha value is -0.940. The number of halogens is 1. The Kier molecular flexibility index (Phi) is 4.02. The van der Waals surface area contributed by atoms with E-state index in [1.807, 2.05) is 0 Å². The number of sulfone groups is 1. The number of hydrogen-bond acceptors (Lipinski definition) is 3. The molecule has 2 rings (SSSR count). The Labute approximate surface area is 107 Å². The van der Waals surface area contributed by atoms with Crippen LogP contribution >= 0.6 is 0 Å². The normalized spacial score (nSPS) is 25.7. The fourth-order valence-corrected chi connectivity index (χ4v) is 4.42. The van der Waals surface area contributed by atoms with Crippen LogP contribution in [0.5, 0.6) is 0 Å². The zero-order chi connectivity index (χ0) is 13.2. The van der Waals surface area contributed by atoms with E-state index in [1.165, 1.54) is 18.2 Å². The van der Waals surface area contributed by atoms with Crippen LogP contribution in [0.3, 0.4) is 0 Å². The van der Waals surface area contributed by atoms with Crippen LogP contribution in [0.1, 0.15) is 32.1 Å². The zero-order valence-corrected chi connectivity index (χ0v) is 10.9. The van der Waals surface area contributed by atoms with E-state index in [0.29, 0.717) is 12.8 Å². The molecule has 1 aliphatic carbocycles. The van der Waals surface area contributed by atoms with Crippen LogP contribution in [0.2, 0.25) is 0 Å². The van der Waals surface area contributed by atoms with E-state index in [1.54, 1.807) is 0 Å². The quantitative estimate of drug-likeness (QED) is 0.840. The third kappa shape index (κ3) is 2.57. The van der Waals surface area contributed by atoms with Gasteiger partial charge in [-0.3, -0.25) is 0 Å². The number of aliphatic hydroxyl groups is 1. The van der Waals surface area contributed by atoms with Crippen LogP contribution in [-0.2, 0) is 9.84 Å². The molecule has 0 amide bonds. The number of benzene rings is 1. The fourth-order valence-electron chi connectivity index (χ4n) is 2.45. The van der Waals surface area contributed by atoms with Crippen molar-refractivity contribution in [2.75, 3.05) is 0 Å². The number of rotatable bonds is 2. The SMILES string of the molecule is O=S(=O)(c1ccccc1F)C1CCCCCC1O. The van der Waals surface area contributed by atoms with Crippen LogP contribution in [0.15, 0.2) is 29.2 Å². The molecular formula is C13H17FO3S. The third-order valence-corrected chi connectivity index (χ3v) is 5.75. The van der Waals surface area contributed by atoms with Gasteiger partial charge in [0, 0.05) is 0 Å². The molecule has 0 aromatic heterocycles. The molecule has 1 fully saturated rings. The summed E-state index contributed by atoms with van der Waals surface area (Å²) in [5.74, 6) is -0.742. The van der Waals surface area contributed by atoms with Crippen LogP contribution in [0.25, 0.3) is 0 Å². The molecule has 2 unspecified atom stereocenters. The van der Waals surface area contributed by atoms with Crippen molar-refractivity contribution in [3.05, 3.63) is 30.1 Å². The van der Waals surface area contributed by atoms with Gasteiger partial charge in [0.2, 0.25) is 0 Å². The molecule has 3 nitrogen and oxygen atoms in total. The second-order valence-corrected chi connectivity index (χ2v) is 6.85. The topological polar surface area (TPSA) is 54.4 Å². The van der Waals surface area contributed by atoms with Crippen molar-refractivity contribution in [2.45, 2.75) is 48.4 Å². The maximum atomic E-state index is 13.6. The minimum atomic E-state index is -3.79. The fraction of sp³-hybridized carbons (Fsp3) is 0.538. The highest BCUT2D eigenvalue weighted by Crippen LogP contribution is 2.29. The first-order chi connectivity index (χ1) is 8.53. The maximum Gasteiger partial charge on any atom is 0.186 e. The largest absolute Gasteiger partial charge is 0.392 e. The van der Waals surface area contributed by atoms with Crippen molar-refractivity contribution in [1.29, 1.82) is 0 Å². The molecule has 1 aromatic rings. The summed E-state index contributed by atoms with van der Waals surface area (Å²) >= 11 is 0. The summed E-state index contributed by atoms with van der Waals surface area (Å²) in [5.41, 5.74) is 0. The summed E-state index contributed by atoms with van der Waals surface area (Å²) in [4.78, 5) is -0.295. The van der Waals surface area contributed by atoms with Crippen molar-refractivity contribution >= 4 is 9.84 Å². The molecular weight excluding hydrogens is 255 g/mol. The monoisotopic (exact) mass is 272 g/mol. The van der Waals surface area contributed by atoms with Gasteiger partial charge in [-0.15, -0.1) is 0 Å². The van der Waals surface area contributed by atoms with Crippen molar-refractivity contribution in [2.24, 2.45) is 0 Å². The van der Waals surface area contributed by atoms with Gasteiger partial charge in [-0.1, -0.05) is 31.4 Å². The first-order valence-electron chi connectivity index (χ1n) is 6.20. The highest BCUT2D eigenvalue weighted by atomic mass is 32.2. The van der Waals surface area contributed by atoms with E-state index in [4.69, 9.17) is 0 Å². The van der Waals surface area contributed by atoms with E-state index in [0.717, 1.165) is 25.3 Å². The van der Waals surface area contributed by atoms with E-state index in [9.17, 15) is 17.9 Å². The van der Waals surface area contributed by atoms with Gasteiger partial charge in [-0.2, -0.15) is 0 Å². The molecule has 100 valence electrons. The first kappa shape index (κ1) is 13.5. The summed E-state index contributed by atoms with van der Waals surface area (Å²) in [6.07, 6.45) is 2.48. The number of aliphatic hydroxyl groups excluding tert-OH is 1. The van der Waals surface area contributed by atoms with Crippen molar-refractivity contribution in [3.8, 4) is 0 Å². The van der Waals surface area contributed by atoms with Gasteiger partial charge in [-0.25, -0.2) is 12.8 Å². The second-order valence-electron chi connectivity index (χ2n) is 4.72. The lowest BCUT2D eigenvalue weighted by atomic mass is 10.1. The summed E-state index contributed by atoms with van der Waals surface area (Å²) in [5, 5.41) is 9.06. The van der Waals surface area contributed by atoms with Crippen LogP contribution < -0.4 is 0 Å². The van der Waals surface area contributed by atoms with E-state index in [-0.39, 0.29) is 4.90 Å². The predicted molar refractivity (Wildman–Crippen MR) is 66.5 cm³/mol. The summed E-state index contributed by atoms with van der Waals surface area (Å²) < 4.78 is 38.4. The molecule has 1 aromatic carbocycles. The maximum absolute atomic E-state index is 13.6. The lowest BCUT2D eigenvalue weighted by molar-refractivity contribution is 0.160. The Morgan fingerprint density at radius 1 is 1.11 bits per heavy atom. The van der Waals surface area contributed by atoms with Gasteiger partial charge in [-0.05, 0) is 25.0 Å². The number of hydrogen-bond donors (Lipinski definition) is 1. The molecule has 2 atom stereocenters. The van der Waals surface area contributed by atoms with Crippen molar-refractivity contribution in [1.82, 2.24) is 0 Å². The zero-order valence-electron chi connectivity index (χ0n) is 10.0. The second kappa shape index (κ2) is 5.36. The first-order valence-corrected chi connectivity index (χ1v) is 7.74. The molecule has 1 N–H and O–H groups in total. The third-order valence-electron chi connectivity index (χ3n) is 3.46. The van der Waals surface area contributed by atoms with Gasteiger partial charge in [0.25, 0.3) is 0 Å². The minimum absolute atomic E-state index is 0.295. The molecule has 0 aliphatic heterocycles. The average Bonchev–Trinajstić information content (AvgIpc) is 2.54. The molecule has 0 heterocycles. The lowest BCUT2D eigenvalue weighted by Crippen LogP contribution is -2.33. The molecule has 0 radical (unpaired) electrons. The molecule has 5 heteroatoms. The highest BCUT2D eigenvalue weighted by Gasteiger charge is 2.35. The van der Waals surface area contributed by atoms with E-state index in [2.05, 4.69) is 0 Å². The molecule has 0 saturated heterocycles. The Bertz CT molecular complexity index is 513. The Morgan fingerprint density at radius 3 is 2.50 bits per heavy atom. The van der Waals surface area contributed by atoms with Gasteiger partial charge >= 0.3 is 0 Å². The lowest BCUT2D eigenvalue weighted by Gasteiger charge is -2.20. The van der Waals surface area contributed by atoms with Crippen LogP contribution in [-0.4, -0.2) is 24.9 Å². The van der Waals surface area contributed by atoms with Gasteiger partial charge in [0.1, 0.15) is 10.7 Å². The van der Waals surface area contributed by atoms with Gasteiger partial charge < -0.3 is 5.11 Å². The molecule has 0 bridgehead atoms. The van der Waals surface area contributed by atoms with E-state index < -0.39 is 27.0 Å². The molecule has 1 saturated carbocycles. The Morgan fingerprint density at radius 2 is 1.78 bits per heavy atom. The molecule has 0 spiro atoms. The Balaban J connectivity index is 2.38. The molecule has 1 aliphatic rings. The van der Waals surface area contributed by atoms with E-state index >= 15 is 0 Å². The van der Waals surface area contributed by atoms with Crippen molar-refractivity contribution in [3.63, 3.8) is 0 Å². The summed E-state index contributed by atoms with van der Waals surface area (Å²) in [6, 6.07) is 5.36. The summed E-state index contributed by atoms with van der Waals surface area (Å²) in [7, 11) is -3.79. The molecule has 18 heavy (non-hydrogen) atoms. The summed E-state index contributed by atoms with van der Waals surface area (Å²) in [6.45, 7) is 0. The van der Waals surface area contributed by atoms with Crippen LogP contribution in [0, 0.1) is 5.82 Å². The highest BCUT2D eigenvalue weighted by molar-refractivity contribution is 7.92.